The highest BCUT2D eigenvalue weighted by Gasteiger charge is 2.39. The lowest BCUT2D eigenvalue weighted by Crippen LogP contribution is -2.36. The van der Waals surface area contributed by atoms with Crippen LogP contribution in [0.25, 0.3) is 0 Å². The first-order valence-corrected chi connectivity index (χ1v) is 10.4. The monoisotopic (exact) mass is 394 g/mol. The minimum absolute atomic E-state index is 0.0106. The molecule has 0 amide bonds. The second-order valence-electron chi connectivity index (χ2n) is 7.47. The first-order chi connectivity index (χ1) is 12.9. The van der Waals surface area contributed by atoms with Gasteiger partial charge in [-0.05, 0) is 24.6 Å². The number of benzene rings is 1. The van der Waals surface area contributed by atoms with E-state index >= 15 is 0 Å². The third kappa shape index (κ3) is 6.26. The molecule has 2 atom stereocenters. The zero-order valence-corrected chi connectivity index (χ0v) is 16.4. The van der Waals surface area contributed by atoms with Gasteiger partial charge in [-0.1, -0.05) is 50.3 Å². The van der Waals surface area contributed by atoms with Gasteiger partial charge in [0.2, 0.25) is 0 Å². The van der Waals surface area contributed by atoms with Crippen molar-refractivity contribution in [2.75, 3.05) is 19.8 Å². The second-order valence-corrected chi connectivity index (χ2v) is 9.08. The third-order valence-electron chi connectivity index (χ3n) is 4.27. The van der Waals surface area contributed by atoms with E-state index in [4.69, 9.17) is 18.4 Å². The van der Waals surface area contributed by atoms with Crippen LogP contribution in [0.4, 0.5) is 0 Å². The van der Waals surface area contributed by atoms with E-state index in [9.17, 15) is 8.42 Å². The van der Waals surface area contributed by atoms with Crippen molar-refractivity contribution in [3.05, 3.63) is 54.6 Å². The molecule has 0 unspecified atom stereocenters. The number of hydrogen-bond donors (Lipinski definition) is 0. The van der Waals surface area contributed by atoms with Gasteiger partial charge in [0.25, 0.3) is 10.1 Å². The summed E-state index contributed by atoms with van der Waals surface area (Å²) in [6.45, 7) is 5.59. The molecule has 27 heavy (non-hydrogen) atoms. The van der Waals surface area contributed by atoms with E-state index < -0.39 is 10.1 Å². The molecule has 6 nitrogen and oxygen atoms in total. The molecular weight excluding hydrogens is 368 g/mol. The Morgan fingerprint density at radius 2 is 1.81 bits per heavy atom. The average Bonchev–Trinajstić information content (AvgIpc) is 3.40. The molecule has 2 fully saturated rings. The predicted molar refractivity (Wildman–Crippen MR) is 101 cm³/mol. The van der Waals surface area contributed by atoms with Crippen molar-refractivity contribution in [3.63, 3.8) is 0 Å². The summed E-state index contributed by atoms with van der Waals surface area (Å²) in [6.07, 6.45) is 7.83. The zero-order chi connectivity index (χ0) is 19.3. The van der Waals surface area contributed by atoms with Crippen molar-refractivity contribution < 1.29 is 26.8 Å². The van der Waals surface area contributed by atoms with Gasteiger partial charge < -0.3 is 14.2 Å². The summed E-state index contributed by atoms with van der Waals surface area (Å²) in [5.41, 5.74) is 0.0641. The van der Waals surface area contributed by atoms with E-state index in [-0.39, 0.29) is 35.4 Å². The molecule has 0 bridgehead atoms. The summed E-state index contributed by atoms with van der Waals surface area (Å²) in [7, 11) is -3.73. The number of hydrogen-bond acceptors (Lipinski definition) is 6. The molecule has 0 spiro atoms. The zero-order valence-electron chi connectivity index (χ0n) is 15.6. The van der Waals surface area contributed by atoms with Crippen LogP contribution < -0.4 is 0 Å². The first kappa shape index (κ1) is 20.2. The molecule has 7 heteroatoms. The lowest BCUT2D eigenvalue weighted by Gasteiger charge is -2.33. The maximum absolute atomic E-state index is 12.0. The lowest BCUT2D eigenvalue weighted by atomic mass is 9.96. The highest BCUT2D eigenvalue weighted by Crippen LogP contribution is 2.27. The molecule has 0 aliphatic carbocycles. The van der Waals surface area contributed by atoms with Gasteiger partial charge in [-0.3, -0.25) is 4.18 Å². The molecule has 0 N–H and O–H groups in total. The van der Waals surface area contributed by atoms with Gasteiger partial charge in [0, 0.05) is 5.41 Å². The Morgan fingerprint density at radius 1 is 1.11 bits per heavy atom. The van der Waals surface area contributed by atoms with E-state index in [1.165, 1.54) is 12.1 Å². The Bertz CT molecular complexity index is 759. The van der Waals surface area contributed by atoms with Crippen LogP contribution in [0.5, 0.6) is 0 Å². The van der Waals surface area contributed by atoms with Gasteiger partial charge in [-0.15, -0.1) is 0 Å². The maximum atomic E-state index is 12.0. The standard InChI is InChI=1S/C20H26O6S/c1-20(2)14-23-19(24-15-20)12-8-4-7-11-17-18(26-17)13-25-27(21,22)16-9-5-3-6-10-16/h3-10,12,17-19H,11,13-15H2,1-2H3/b7-4+,12-8+/t17-,18-/m1/s1. The van der Waals surface area contributed by atoms with Crippen LogP contribution in [0.2, 0.25) is 0 Å². The first-order valence-electron chi connectivity index (χ1n) is 9.02. The Kier molecular flexibility index (Phi) is 6.49. The number of allylic oxidation sites excluding steroid dienone is 2. The highest BCUT2D eigenvalue weighted by molar-refractivity contribution is 7.86. The highest BCUT2D eigenvalue weighted by atomic mass is 32.2. The maximum Gasteiger partial charge on any atom is 0.297 e. The Hall–Kier alpha value is -1.51. The molecule has 3 rings (SSSR count). The van der Waals surface area contributed by atoms with Crippen molar-refractivity contribution >= 4 is 10.1 Å². The quantitative estimate of drug-likeness (QED) is 0.383. The van der Waals surface area contributed by atoms with Crippen LogP contribution in [0.15, 0.2) is 59.5 Å². The minimum atomic E-state index is -3.73. The molecule has 2 aliphatic heterocycles. The number of epoxide rings is 1. The van der Waals surface area contributed by atoms with Crippen molar-refractivity contribution in [3.8, 4) is 0 Å². The van der Waals surface area contributed by atoms with E-state index in [1.807, 2.05) is 24.3 Å². The van der Waals surface area contributed by atoms with Crippen LogP contribution in [-0.2, 0) is 28.5 Å². The SMILES string of the molecule is CC1(C)COC(/C=C/C=C/C[C@H]2O[C@@H]2COS(=O)(=O)c2ccccc2)OC1. The van der Waals surface area contributed by atoms with E-state index in [0.717, 1.165) is 0 Å². The second kappa shape index (κ2) is 8.67. The largest absolute Gasteiger partial charge is 0.367 e. The Morgan fingerprint density at radius 3 is 2.52 bits per heavy atom. The van der Waals surface area contributed by atoms with Crippen LogP contribution in [-0.4, -0.2) is 46.7 Å². The van der Waals surface area contributed by atoms with Gasteiger partial charge in [0.1, 0.15) is 6.10 Å². The normalized spacial score (nSPS) is 26.0. The summed E-state index contributed by atoms with van der Waals surface area (Å²) in [6, 6.07) is 8.10. The number of rotatable bonds is 8. The molecule has 2 heterocycles. The summed E-state index contributed by atoms with van der Waals surface area (Å²) < 4.78 is 45.8. The van der Waals surface area contributed by atoms with Gasteiger partial charge in [0.15, 0.2) is 6.29 Å². The summed E-state index contributed by atoms with van der Waals surface area (Å²) in [5, 5.41) is 0. The molecule has 2 saturated heterocycles. The van der Waals surface area contributed by atoms with Crippen LogP contribution in [0.3, 0.4) is 0 Å². The van der Waals surface area contributed by atoms with E-state index in [2.05, 4.69) is 13.8 Å². The van der Waals surface area contributed by atoms with Crippen molar-refractivity contribution in [2.24, 2.45) is 5.41 Å². The van der Waals surface area contributed by atoms with Crippen molar-refractivity contribution in [1.29, 1.82) is 0 Å². The Labute approximate surface area is 160 Å². The minimum Gasteiger partial charge on any atom is -0.367 e. The van der Waals surface area contributed by atoms with E-state index in [1.54, 1.807) is 18.2 Å². The molecule has 1 aromatic carbocycles. The molecule has 2 aliphatic rings. The molecular formula is C20H26O6S. The summed E-state index contributed by atoms with van der Waals surface area (Å²) in [5.74, 6) is 0. The smallest absolute Gasteiger partial charge is 0.297 e. The molecule has 0 radical (unpaired) electrons. The number of ether oxygens (including phenoxy) is 3. The fourth-order valence-electron chi connectivity index (χ4n) is 2.61. The van der Waals surface area contributed by atoms with Crippen LogP contribution in [0, 0.1) is 5.41 Å². The lowest BCUT2D eigenvalue weighted by molar-refractivity contribution is -0.197. The third-order valence-corrected chi connectivity index (χ3v) is 5.56. The molecule has 1 aromatic rings. The molecule has 0 aromatic heterocycles. The van der Waals surface area contributed by atoms with Gasteiger partial charge in [0.05, 0.1) is 30.8 Å². The predicted octanol–water partition coefficient (Wildman–Crippen LogP) is 3.06. The van der Waals surface area contributed by atoms with Crippen molar-refractivity contribution in [2.45, 2.75) is 43.7 Å². The van der Waals surface area contributed by atoms with Gasteiger partial charge in [-0.25, -0.2) is 0 Å². The van der Waals surface area contributed by atoms with Gasteiger partial charge in [-0.2, -0.15) is 8.42 Å². The fourth-order valence-corrected chi connectivity index (χ4v) is 3.55. The Balaban J connectivity index is 1.33. The van der Waals surface area contributed by atoms with E-state index in [0.29, 0.717) is 19.6 Å². The molecule has 0 saturated carbocycles. The van der Waals surface area contributed by atoms with Crippen LogP contribution in [0.1, 0.15) is 20.3 Å². The average molecular weight is 394 g/mol. The topological polar surface area (TPSA) is 74.4 Å². The van der Waals surface area contributed by atoms with Crippen LogP contribution >= 0.6 is 0 Å². The fraction of sp³-hybridized carbons (Fsp3) is 0.500. The molecule has 148 valence electrons. The summed E-state index contributed by atoms with van der Waals surface area (Å²) in [4.78, 5) is 0.155. The summed E-state index contributed by atoms with van der Waals surface area (Å²) >= 11 is 0. The van der Waals surface area contributed by atoms with Gasteiger partial charge >= 0.3 is 0 Å². The van der Waals surface area contributed by atoms with Crippen molar-refractivity contribution in [1.82, 2.24) is 0 Å².